The van der Waals surface area contributed by atoms with E-state index in [-0.39, 0.29) is 5.56 Å². The highest BCUT2D eigenvalue weighted by Crippen LogP contribution is 2.20. The van der Waals surface area contributed by atoms with Crippen molar-refractivity contribution < 1.29 is 0 Å². The molecule has 0 aliphatic carbocycles. The van der Waals surface area contributed by atoms with E-state index in [0.717, 1.165) is 25.4 Å². The molecule has 1 atom stereocenters. The predicted octanol–water partition coefficient (Wildman–Crippen LogP) is 1.94. The Bertz CT molecular complexity index is 455. The van der Waals surface area contributed by atoms with Crippen LogP contribution in [0.15, 0.2) is 23.1 Å². The molecule has 19 heavy (non-hydrogen) atoms. The minimum atomic E-state index is 0.0412. The summed E-state index contributed by atoms with van der Waals surface area (Å²) in [5.74, 6) is 0.889. The number of rotatable bonds is 6. The highest BCUT2D eigenvalue weighted by Gasteiger charge is 2.20. The first-order chi connectivity index (χ1) is 9.19. The molecular weight excluding hydrogens is 238 g/mol. The van der Waals surface area contributed by atoms with Gasteiger partial charge in [-0.2, -0.15) is 0 Å². The summed E-state index contributed by atoms with van der Waals surface area (Å²) in [6.07, 6.45) is 6.74. The van der Waals surface area contributed by atoms with Gasteiger partial charge in [-0.25, -0.2) is 0 Å². The van der Waals surface area contributed by atoms with Crippen molar-refractivity contribution in [2.24, 2.45) is 5.92 Å². The van der Waals surface area contributed by atoms with Gasteiger partial charge in [0, 0.05) is 31.0 Å². The molecular formula is C15H25N3O. The van der Waals surface area contributed by atoms with E-state index in [2.05, 4.69) is 11.8 Å². The Morgan fingerprint density at radius 1 is 1.37 bits per heavy atom. The van der Waals surface area contributed by atoms with Gasteiger partial charge in [-0.15, -0.1) is 0 Å². The van der Waals surface area contributed by atoms with Gasteiger partial charge in [0.25, 0.3) is 5.56 Å². The predicted molar refractivity (Wildman–Crippen MR) is 79.2 cm³/mol. The van der Waals surface area contributed by atoms with Crippen molar-refractivity contribution in [2.45, 2.75) is 39.2 Å². The zero-order chi connectivity index (χ0) is 13.7. The van der Waals surface area contributed by atoms with Crippen LogP contribution in [0.1, 0.15) is 32.6 Å². The molecule has 0 bridgehead atoms. The van der Waals surface area contributed by atoms with Crippen LogP contribution in [0.5, 0.6) is 0 Å². The Morgan fingerprint density at radius 3 is 3.00 bits per heavy atom. The summed E-state index contributed by atoms with van der Waals surface area (Å²) < 4.78 is 1.72. The number of pyridine rings is 1. The summed E-state index contributed by atoms with van der Waals surface area (Å²) in [4.78, 5) is 14.2. The van der Waals surface area contributed by atoms with Crippen LogP contribution in [0.25, 0.3) is 0 Å². The van der Waals surface area contributed by atoms with Crippen molar-refractivity contribution in [2.75, 3.05) is 25.4 Å². The quantitative estimate of drug-likeness (QED) is 0.853. The molecule has 2 heterocycles. The number of aryl methyl sites for hydroxylation is 1. The summed E-state index contributed by atoms with van der Waals surface area (Å²) in [6, 6.07) is 3.21. The Morgan fingerprint density at radius 2 is 2.21 bits per heavy atom. The minimum Gasteiger partial charge on any atom is -0.398 e. The SMILES string of the molecule is CCCC1CCN(CCCn2cc(N)ccc2=O)C1. The van der Waals surface area contributed by atoms with Crippen LogP contribution in [0.4, 0.5) is 5.69 Å². The van der Waals surface area contributed by atoms with Crippen LogP contribution in [0.2, 0.25) is 0 Å². The number of hydrogen-bond acceptors (Lipinski definition) is 3. The van der Waals surface area contributed by atoms with Crippen molar-refractivity contribution in [1.29, 1.82) is 0 Å². The van der Waals surface area contributed by atoms with E-state index in [4.69, 9.17) is 5.73 Å². The molecule has 0 radical (unpaired) electrons. The van der Waals surface area contributed by atoms with Gasteiger partial charge >= 0.3 is 0 Å². The Balaban J connectivity index is 1.75. The first-order valence-corrected chi connectivity index (χ1v) is 7.37. The van der Waals surface area contributed by atoms with Crippen molar-refractivity contribution in [1.82, 2.24) is 9.47 Å². The number of nitrogen functional groups attached to an aromatic ring is 1. The molecule has 0 amide bonds. The zero-order valence-corrected chi connectivity index (χ0v) is 11.8. The van der Waals surface area contributed by atoms with Crippen molar-refractivity contribution >= 4 is 5.69 Å². The van der Waals surface area contributed by atoms with E-state index < -0.39 is 0 Å². The van der Waals surface area contributed by atoms with Gasteiger partial charge in [0.15, 0.2) is 0 Å². The third-order valence-corrected chi connectivity index (χ3v) is 3.95. The van der Waals surface area contributed by atoms with Gasteiger partial charge in [-0.3, -0.25) is 4.79 Å². The zero-order valence-electron chi connectivity index (χ0n) is 11.8. The maximum Gasteiger partial charge on any atom is 0.250 e. The lowest BCUT2D eigenvalue weighted by atomic mass is 10.0. The summed E-state index contributed by atoms with van der Waals surface area (Å²) in [6.45, 7) is 6.56. The van der Waals surface area contributed by atoms with Crippen LogP contribution in [0.3, 0.4) is 0 Å². The van der Waals surface area contributed by atoms with E-state index in [1.165, 1.54) is 32.4 Å². The monoisotopic (exact) mass is 263 g/mol. The number of nitrogens with two attached hydrogens (primary N) is 1. The van der Waals surface area contributed by atoms with Gasteiger partial charge < -0.3 is 15.2 Å². The second-order valence-corrected chi connectivity index (χ2v) is 5.59. The largest absolute Gasteiger partial charge is 0.398 e. The lowest BCUT2D eigenvalue weighted by Gasteiger charge is -2.16. The molecule has 1 aromatic heterocycles. The van der Waals surface area contributed by atoms with Gasteiger partial charge in [0.1, 0.15) is 0 Å². The van der Waals surface area contributed by atoms with Crippen molar-refractivity contribution in [3.63, 3.8) is 0 Å². The molecule has 1 aromatic rings. The molecule has 1 aliphatic rings. The number of hydrogen-bond donors (Lipinski definition) is 1. The Hall–Kier alpha value is -1.29. The van der Waals surface area contributed by atoms with Gasteiger partial charge in [0.05, 0.1) is 0 Å². The second kappa shape index (κ2) is 6.75. The van der Waals surface area contributed by atoms with E-state index in [1.807, 2.05) is 0 Å². The van der Waals surface area contributed by atoms with Crippen molar-refractivity contribution in [3.05, 3.63) is 28.7 Å². The number of nitrogens with zero attached hydrogens (tertiary/aromatic N) is 2. The summed E-state index contributed by atoms with van der Waals surface area (Å²) in [5, 5.41) is 0. The van der Waals surface area contributed by atoms with Gasteiger partial charge in [0.2, 0.25) is 0 Å². The average Bonchev–Trinajstić information content (AvgIpc) is 2.82. The molecule has 0 aromatic carbocycles. The lowest BCUT2D eigenvalue weighted by Crippen LogP contribution is -2.25. The molecule has 2 rings (SSSR count). The molecule has 106 valence electrons. The Kier molecular flexibility index (Phi) is 5.02. The third-order valence-electron chi connectivity index (χ3n) is 3.95. The molecule has 1 saturated heterocycles. The fourth-order valence-electron chi connectivity index (χ4n) is 2.95. The molecule has 2 N–H and O–H groups in total. The van der Waals surface area contributed by atoms with Crippen LogP contribution in [-0.4, -0.2) is 29.1 Å². The fraction of sp³-hybridized carbons (Fsp3) is 0.667. The smallest absolute Gasteiger partial charge is 0.250 e. The fourth-order valence-corrected chi connectivity index (χ4v) is 2.95. The average molecular weight is 263 g/mol. The molecule has 1 unspecified atom stereocenters. The van der Waals surface area contributed by atoms with E-state index >= 15 is 0 Å². The van der Waals surface area contributed by atoms with E-state index in [0.29, 0.717) is 5.69 Å². The molecule has 0 saturated carbocycles. The van der Waals surface area contributed by atoms with E-state index in [9.17, 15) is 4.79 Å². The van der Waals surface area contributed by atoms with Crippen LogP contribution in [0, 0.1) is 5.92 Å². The molecule has 0 spiro atoms. The summed E-state index contributed by atoms with van der Waals surface area (Å²) in [7, 11) is 0. The standard InChI is InChI=1S/C15H25N3O/c1-2-4-13-7-10-17(11-13)8-3-9-18-12-14(16)5-6-15(18)19/h5-6,12-13H,2-4,7-11,16H2,1H3. The first-order valence-electron chi connectivity index (χ1n) is 7.37. The Labute approximate surface area is 115 Å². The maximum atomic E-state index is 11.6. The van der Waals surface area contributed by atoms with Crippen LogP contribution >= 0.6 is 0 Å². The molecule has 1 aliphatic heterocycles. The molecule has 1 fully saturated rings. The van der Waals surface area contributed by atoms with Crippen LogP contribution < -0.4 is 11.3 Å². The van der Waals surface area contributed by atoms with E-state index in [1.54, 1.807) is 22.9 Å². The lowest BCUT2D eigenvalue weighted by molar-refractivity contribution is 0.308. The topological polar surface area (TPSA) is 51.3 Å². The molecule has 4 heteroatoms. The highest BCUT2D eigenvalue weighted by atomic mass is 16.1. The number of anilines is 1. The molecule has 4 nitrogen and oxygen atoms in total. The van der Waals surface area contributed by atoms with Gasteiger partial charge in [-0.05, 0) is 44.3 Å². The maximum absolute atomic E-state index is 11.6. The number of aromatic nitrogens is 1. The summed E-state index contributed by atoms with van der Waals surface area (Å²) >= 11 is 0. The minimum absolute atomic E-state index is 0.0412. The first kappa shape index (κ1) is 14.1. The van der Waals surface area contributed by atoms with Crippen LogP contribution in [-0.2, 0) is 6.54 Å². The van der Waals surface area contributed by atoms with Gasteiger partial charge in [-0.1, -0.05) is 13.3 Å². The highest BCUT2D eigenvalue weighted by molar-refractivity contribution is 5.33. The second-order valence-electron chi connectivity index (χ2n) is 5.59. The van der Waals surface area contributed by atoms with Crippen molar-refractivity contribution in [3.8, 4) is 0 Å². The number of likely N-dealkylation sites (tertiary alicyclic amines) is 1. The third kappa shape index (κ3) is 4.10. The summed E-state index contributed by atoms with van der Waals surface area (Å²) in [5.41, 5.74) is 6.40. The normalized spacial score (nSPS) is 19.9.